The lowest BCUT2D eigenvalue weighted by atomic mass is 9.98. The first-order chi connectivity index (χ1) is 12.7. The minimum absolute atomic E-state index is 0.851. The van der Waals surface area contributed by atoms with Crippen LogP contribution in [0.3, 0.4) is 0 Å². The largest absolute Gasteiger partial charge is 0.247 e. The van der Waals surface area contributed by atoms with Gasteiger partial charge in [0.2, 0.25) is 0 Å². The van der Waals surface area contributed by atoms with E-state index in [-0.39, 0.29) is 0 Å². The third-order valence-electron chi connectivity index (χ3n) is 4.02. The van der Waals surface area contributed by atoms with Crippen LogP contribution in [0.5, 0.6) is 0 Å². The average molecular weight is 467 g/mol. The summed E-state index contributed by atoms with van der Waals surface area (Å²) in [5, 5.41) is 0. The van der Waals surface area contributed by atoms with Crippen molar-refractivity contribution in [1.82, 2.24) is 15.0 Å². The second-order valence-corrected chi connectivity index (χ2v) is 7.56. The molecule has 0 bridgehead atoms. The Kier molecular flexibility index (Phi) is 4.91. The van der Waals surface area contributed by atoms with Gasteiger partial charge < -0.3 is 0 Å². The molecule has 126 valence electrons. The quantitative estimate of drug-likeness (QED) is 0.350. The van der Waals surface area contributed by atoms with Crippen LogP contribution in [0.4, 0.5) is 0 Å². The van der Waals surface area contributed by atoms with Crippen LogP contribution in [0.1, 0.15) is 0 Å². The lowest BCUT2D eigenvalue weighted by Crippen LogP contribution is -1.93. The molecule has 0 unspecified atom stereocenters. The van der Waals surface area contributed by atoms with Crippen molar-refractivity contribution in [2.45, 2.75) is 0 Å². The second kappa shape index (κ2) is 7.48. The van der Waals surface area contributed by atoms with E-state index in [0.29, 0.717) is 0 Å². The van der Waals surface area contributed by atoms with Gasteiger partial charge in [-0.25, -0.2) is 15.0 Å². The molecule has 0 aliphatic heterocycles. The summed E-state index contributed by atoms with van der Waals surface area (Å²) in [7, 11) is 0. The summed E-state index contributed by atoms with van der Waals surface area (Å²) in [6, 6.07) is 20.6. The first kappa shape index (κ1) is 17.1. The molecule has 2 heterocycles. The van der Waals surface area contributed by atoms with Crippen LogP contribution in [-0.2, 0) is 0 Å². The van der Waals surface area contributed by atoms with Crippen molar-refractivity contribution < 1.29 is 0 Å². The van der Waals surface area contributed by atoms with Crippen LogP contribution < -0.4 is 0 Å². The van der Waals surface area contributed by atoms with E-state index in [1.165, 1.54) is 6.33 Å². The normalized spacial score (nSPS) is 10.7. The lowest BCUT2D eigenvalue weighted by molar-refractivity contribution is 1.16. The Morgan fingerprint density at radius 3 is 1.77 bits per heavy atom. The maximum Gasteiger partial charge on any atom is 0.115 e. The van der Waals surface area contributed by atoms with Crippen molar-refractivity contribution in [1.29, 1.82) is 0 Å². The molecule has 0 saturated carbocycles. The van der Waals surface area contributed by atoms with Gasteiger partial charge in [0.05, 0.1) is 11.4 Å². The van der Waals surface area contributed by atoms with Gasteiger partial charge in [0.25, 0.3) is 0 Å². The Morgan fingerprint density at radius 2 is 1.15 bits per heavy atom. The van der Waals surface area contributed by atoms with Crippen LogP contribution in [0.25, 0.3) is 33.6 Å². The highest BCUT2D eigenvalue weighted by molar-refractivity contribution is 9.10. The van der Waals surface area contributed by atoms with Crippen molar-refractivity contribution in [2.75, 3.05) is 0 Å². The number of pyridine rings is 1. The SMILES string of the molecule is Brc1ccc(-c2ccc(-c3cncnc3)nc2-c2ccc(Br)cc2)cc1. The predicted molar refractivity (Wildman–Crippen MR) is 112 cm³/mol. The topological polar surface area (TPSA) is 38.7 Å². The van der Waals surface area contributed by atoms with Gasteiger partial charge in [-0.15, -0.1) is 0 Å². The number of aromatic nitrogens is 3. The zero-order valence-corrected chi connectivity index (χ0v) is 16.8. The fourth-order valence-electron chi connectivity index (χ4n) is 2.74. The molecule has 0 amide bonds. The third kappa shape index (κ3) is 3.59. The van der Waals surface area contributed by atoms with E-state index in [9.17, 15) is 0 Å². The van der Waals surface area contributed by atoms with Crippen LogP contribution in [0, 0.1) is 0 Å². The fraction of sp³-hybridized carbons (Fsp3) is 0. The zero-order valence-electron chi connectivity index (χ0n) is 13.6. The maximum absolute atomic E-state index is 4.93. The molecule has 0 aliphatic carbocycles. The molecule has 2 aromatic carbocycles. The summed E-state index contributed by atoms with van der Waals surface area (Å²) in [6.45, 7) is 0. The Bertz CT molecular complexity index is 1030. The number of halogens is 2. The van der Waals surface area contributed by atoms with Crippen molar-refractivity contribution >= 4 is 31.9 Å². The summed E-state index contributed by atoms with van der Waals surface area (Å²) >= 11 is 7.00. The smallest absolute Gasteiger partial charge is 0.115 e. The number of nitrogens with zero attached hydrogens (tertiary/aromatic N) is 3. The van der Waals surface area contributed by atoms with Gasteiger partial charge in [-0.2, -0.15) is 0 Å². The molecule has 0 N–H and O–H groups in total. The van der Waals surface area contributed by atoms with Crippen molar-refractivity contribution in [3.05, 3.63) is 88.3 Å². The van der Waals surface area contributed by atoms with Crippen LogP contribution in [0.2, 0.25) is 0 Å². The molecule has 0 fully saturated rings. The van der Waals surface area contributed by atoms with E-state index < -0.39 is 0 Å². The second-order valence-electron chi connectivity index (χ2n) is 5.73. The monoisotopic (exact) mass is 465 g/mol. The molecule has 0 radical (unpaired) electrons. The van der Waals surface area contributed by atoms with E-state index in [4.69, 9.17) is 4.98 Å². The summed E-state index contributed by atoms with van der Waals surface area (Å²) in [6.07, 6.45) is 5.08. The Hall–Kier alpha value is -2.37. The van der Waals surface area contributed by atoms with Crippen molar-refractivity contribution in [2.24, 2.45) is 0 Å². The first-order valence-corrected chi connectivity index (χ1v) is 9.57. The molecule has 0 aliphatic rings. The van der Waals surface area contributed by atoms with Gasteiger partial charge >= 0.3 is 0 Å². The van der Waals surface area contributed by atoms with Gasteiger partial charge in [-0.1, -0.05) is 62.2 Å². The van der Waals surface area contributed by atoms with Gasteiger partial charge in [0, 0.05) is 38.0 Å². The molecule has 0 atom stereocenters. The summed E-state index contributed by atoms with van der Waals surface area (Å²) in [5.41, 5.74) is 5.94. The molecule has 2 aromatic heterocycles. The van der Waals surface area contributed by atoms with Gasteiger partial charge in [0.1, 0.15) is 6.33 Å². The summed E-state index contributed by atoms with van der Waals surface area (Å²) < 4.78 is 2.09. The standard InChI is InChI=1S/C21H13Br2N3/c22-17-5-1-14(2-6-17)19-9-10-20(16-11-24-13-25-12-16)26-21(19)15-3-7-18(23)8-4-15/h1-13H. The van der Waals surface area contributed by atoms with E-state index in [1.54, 1.807) is 12.4 Å². The zero-order chi connectivity index (χ0) is 17.9. The molecular weight excluding hydrogens is 454 g/mol. The fourth-order valence-corrected chi connectivity index (χ4v) is 3.27. The van der Waals surface area contributed by atoms with Gasteiger partial charge in [0.15, 0.2) is 0 Å². The Morgan fingerprint density at radius 1 is 0.577 bits per heavy atom. The first-order valence-electron chi connectivity index (χ1n) is 7.99. The Labute approximate surface area is 168 Å². The summed E-state index contributed by atoms with van der Waals surface area (Å²) in [4.78, 5) is 13.1. The molecule has 0 saturated heterocycles. The number of hydrogen-bond donors (Lipinski definition) is 0. The van der Waals surface area contributed by atoms with Crippen LogP contribution >= 0.6 is 31.9 Å². The van der Waals surface area contributed by atoms with Crippen molar-refractivity contribution in [3.8, 4) is 33.6 Å². The molecule has 0 spiro atoms. The average Bonchev–Trinajstić information content (AvgIpc) is 2.70. The molecular formula is C21H13Br2N3. The minimum atomic E-state index is 0.851. The van der Waals surface area contributed by atoms with Gasteiger partial charge in [-0.05, 0) is 35.9 Å². The third-order valence-corrected chi connectivity index (χ3v) is 5.08. The predicted octanol–water partition coefficient (Wildman–Crippen LogP) is 6.40. The van der Waals surface area contributed by atoms with E-state index in [0.717, 1.165) is 42.6 Å². The number of benzene rings is 2. The van der Waals surface area contributed by atoms with E-state index in [2.05, 4.69) is 72.2 Å². The summed E-state index contributed by atoms with van der Waals surface area (Å²) in [5.74, 6) is 0. The van der Waals surface area contributed by atoms with E-state index >= 15 is 0 Å². The molecule has 3 nitrogen and oxygen atoms in total. The van der Waals surface area contributed by atoms with Crippen LogP contribution in [-0.4, -0.2) is 15.0 Å². The lowest BCUT2D eigenvalue weighted by Gasteiger charge is -2.12. The molecule has 4 aromatic rings. The highest BCUT2D eigenvalue weighted by Crippen LogP contribution is 2.34. The van der Waals surface area contributed by atoms with Crippen molar-refractivity contribution in [3.63, 3.8) is 0 Å². The number of rotatable bonds is 3. The van der Waals surface area contributed by atoms with Gasteiger partial charge in [-0.3, -0.25) is 0 Å². The van der Waals surface area contributed by atoms with E-state index in [1.807, 2.05) is 30.3 Å². The highest BCUT2D eigenvalue weighted by Gasteiger charge is 2.12. The molecule has 4 rings (SSSR count). The number of hydrogen-bond acceptors (Lipinski definition) is 3. The molecule has 26 heavy (non-hydrogen) atoms. The highest BCUT2D eigenvalue weighted by atomic mass is 79.9. The Balaban J connectivity index is 1.90. The minimum Gasteiger partial charge on any atom is -0.247 e. The van der Waals surface area contributed by atoms with Crippen LogP contribution in [0.15, 0.2) is 88.3 Å². The maximum atomic E-state index is 4.93. The molecule has 5 heteroatoms.